The minimum Gasteiger partial charge on any atom is 0 e. The van der Waals surface area contributed by atoms with Crippen molar-refractivity contribution in [3.05, 3.63) is 0 Å². The molecule has 4 heteroatoms. The number of hydrogen-bond donors (Lipinski definition) is 0. The zero-order chi connectivity index (χ0) is 0. The Hall–Kier alpha value is 4.61. The minimum absolute atomic E-state index is 0. The van der Waals surface area contributed by atoms with Crippen molar-refractivity contribution in [2.75, 3.05) is 0 Å². The molecule has 1 radical (unpaired) electrons. The molecule has 0 unspecified atom stereocenters. The van der Waals surface area contributed by atoms with Crippen LogP contribution in [0.5, 0.6) is 0 Å². The standard InChI is InChI=1S/Ce.La.Mo.Nd. The van der Waals surface area contributed by atoms with E-state index >= 15 is 0 Å². The number of rotatable bonds is 0. The Balaban J connectivity index is 0. The molecule has 0 nitrogen and oxygen atoms in total. The van der Waals surface area contributed by atoms with E-state index in [0.29, 0.717) is 0 Å². The van der Waals surface area contributed by atoms with Crippen molar-refractivity contribution in [3.63, 3.8) is 0 Å². The van der Waals surface area contributed by atoms with E-state index in [9.17, 15) is 0 Å². The van der Waals surface area contributed by atoms with E-state index < -0.39 is 0 Å². The average molecular weight is 519 g/mol. The van der Waals surface area contributed by atoms with Crippen LogP contribution in [0.4, 0.5) is 0 Å². The van der Waals surface area contributed by atoms with Gasteiger partial charge in [0, 0.05) is 139 Å². The van der Waals surface area contributed by atoms with Crippen LogP contribution in [0.1, 0.15) is 0 Å². The molecule has 17 valence electrons. The summed E-state index contributed by atoms with van der Waals surface area (Å²) in [7, 11) is 0. The fraction of sp³-hybridized carbons (Fsp3) is 0. The summed E-state index contributed by atoms with van der Waals surface area (Å²) in [5, 5.41) is 0. The van der Waals surface area contributed by atoms with Gasteiger partial charge in [0.05, 0.1) is 0 Å². The van der Waals surface area contributed by atoms with E-state index in [2.05, 4.69) is 0 Å². The molecule has 0 saturated heterocycles. The van der Waals surface area contributed by atoms with Crippen LogP contribution in [0.25, 0.3) is 0 Å². The fourth-order valence-electron chi connectivity index (χ4n) is 0. The Bertz CT molecular complexity index is 8.00. The van der Waals surface area contributed by atoms with Gasteiger partial charge < -0.3 is 0 Å². The molecule has 0 aliphatic heterocycles. The molecular formula is CeLaMoNd. The molecule has 0 N–H and O–H groups in total. The van der Waals surface area contributed by atoms with E-state index in [0.717, 1.165) is 0 Å². The van der Waals surface area contributed by atoms with Gasteiger partial charge in [0.1, 0.15) is 0 Å². The van der Waals surface area contributed by atoms with Crippen LogP contribution in [0.2, 0.25) is 0 Å². The second-order valence-corrected chi connectivity index (χ2v) is 0. The van der Waals surface area contributed by atoms with Crippen molar-refractivity contribution in [1.82, 2.24) is 0 Å². The summed E-state index contributed by atoms with van der Waals surface area (Å²) in [5.41, 5.74) is 0. The van der Waals surface area contributed by atoms with Gasteiger partial charge in [0.15, 0.2) is 0 Å². The summed E-state index contributed by atoms with van der Waals surface area (Å²) in [6, 6.07) is 0. The largest absolute Gasteiger partial charge is 0 e. The van der Waals surface area contributed by atoms with Crippen LogP contribution in [0, 0.1) is 118 Å². The molecule has 0 rings (SSSR count). The van der Waals surface area contributed by atoms with Gasteiger partial charge in [-0.1, -0.05) is 0 Å². The van der Waals surface area contributed by atoms with Gasteiger partial charge in [-0.2, -0.15) is 0 Å². The zero-order valence-corrected chi connectivity index (χ0v) is 14.0. The molecular weight excluding hydrogens is 519 g/mol. The first-order valence-electron chi connectivity index (χ1n) is 0. The van der Waals surface area contributed by atoms with Crippen LogP contribution >= 0.6 is 0 Å². The molecule has 0 atom stereocenters. The monoisotopic (exact) mass is 519 g/mol. The molecule has 0 fully saturated rings. The molecule has 0 saturated carbocycles. The van der Waals surface area contributed by atoms with Crippen molar-refractivity contribution in [2.45, 2.75) is 0 Å². The Morgan fingerprint density at radius 1 is 1.00 bits per heavy atom. The summed E-state index contributed by atoms with van der Waals surface area (Å²) in [5.74, 6) is 0. The molecule has 0 amide bonds. The third-order valence-electron chi connectivity index (χ3n) is 0. The van der Waals surface area contributed by atoms with Crippen molar-refractivity contribution in [2.24, 2.45) is 0 Å². The average Bonchev–Trinajstić information content (AvgIpc) is 0. The zero-order valence-electron chi connectivity index (χ0n) is 1.99. The van der Waals surface area contributed by atoms with Crippen molar-refractivity contribution in [3.8, 4) is 0 Å². The van der Waals surface area contributed by atoms with Crippen LogP contribution in [-0.4, -0.2) is 0 Å². The Labute approximate surface area is 135 Å². The first kappa shape index (κ1) is 23.5. The van der Waals surface area contributed by atoms with Crippen LogP contribution < -0.4 is 0 Å². The van der Waals surface area contributed by atoms with Crippen molar-refractivity contribution >= 4 is 0 Å². The van der Waals surface area contributed by atoms with Gasteiger partial charge in [-0.3, -0.25) is 0 Å². The van der Waals surface area contributed by atoms with E-state index in [1.54, 1.807) is 0 Å². The predicted molar refractivity (Wildman–Crippen MR) is 0 cm³/mol. The Morgan fingerprint density at radius 3 is 1.00 bits per heavy atom. The van der Waals surface area contributed by atoms with Crippen LogP contribution in [0.3, 0.4) is 0 Å². The fourth-order valence-corrected chi connectivity index (χ4v) is 0. The summed E-state index contributed by atoms with van der Waals surface area (Å²) in [6.07, 6.45) is 0. The molecule has 0 aromatic carbocycles. The molecule has 0 bridgehead atoms. The molecule has 0 aromatic rings. The molecule has 0 spiro atoms. The van der Waals surface area contributed by atoms with Gasteiger partial charge in [-0.15, -0.1) is 0 Å². The van der Waals surface area contributed by atoms with E-state index in [1.165, 1.54) is 0 Å². The van der Waals surface area contributed by atoms with Gasteiger partial charge in [-0.05, 0) is 0 Å². The first-order valence-corrected chi connectivity index (χ1v) is 0. The summed E-state index contributed by atoms with van der Waals surface area (Å²) in [6.45, 7) is 0. The maximum atomic E-state index is 0. The van der Waals surface area contributed by atoms with Crippen LogP contribution in [-0.2, 0) is 21.1 Å². The molecule has 0 aliphatic carbocycles. The maximum Gasteiger partial charge on any atom is 0 e. The van der Waals surface area contributed by atoms with Gasteiger partial charge in [0.2, 0.25) is 0 Å². The molecule has 0 heterocycles. The van der Waals surface area contributed by atoms with Gasteiger partial charge >= 0.3 is 0 Å². The predicted octanol–water partition coefficient (Wildman–Crippen LogP) is -0.00250. The second-order valence-electron chi connectivity index (χ2n) is 0. The topological polar surface area (TPSA) is 0 Å². The first-order chi connectivity index (χ1) is 0. The Morgan fingerprint density at radius 2 is 1.00 bits per heavy atom. The van der Waals surface area contributed by atoms with Gasteiger partial charge in [0.25, 0.3) is 0 Å². The van der Waals surface area contributed by atoms with Gasteiger partial charge in [-0.25, -0.2) is 0 Å². The van der Waals surface area contributed by atoms with Crippen molar-refractivity contribution < 1.29 is 139 Å². The third kappa shape index (κ3) is 9.79. The summed E-state index contributed by atoms with van der Waals surface area (Å²) >= 11 is 0. The normalized spacial score (nSPS) is 0. The second kappa shape index (κ2) is 15.6. The molecule has 0 aliphatic rings. The number of hydrogen-bond acceptors (Lipinski definition) is 0. The minimum atomic E-state index is 0. The molecule has 4 heavy (non-hydrogen) atoms. The van der Waals surface area contributed by atoms with E-state index in [1.807, 2.05) is 0 Å². The van der Waals surface area contributed by atoms with Crippen LogP contribution in [0.15, 0.2) is 0 Å². The SMILES string of the molecule is [Ce].[La].[Mo].[Nd]. The Kier molecular flexibility index (Phi) is 91.8. The quantitative estimate of drug-likeness (QED) is 0.396. The summed E-state index contributed by atoms with van der Waals surface area (Å²) < 4.78 is 0. The smallest absolute Gasteiger partial charge is 0 e. The van der Waals surface area contributed by atoms with E-state index in [-0.39, 0.29) is 139 Å². The summed E-state index contributed by atoms with van der Waals surface area (Å²) in [4.78, 5) is 0. The third-order valence-corrected chi connectivity index (χ3v) is 0. The maximum absolute atomic E-state index is 0. The van der Waals surface area contributed by atoms with Crippen molar-refractivity contribution in [1.29, 1.82) is 0 Å². The molecule has 0 aromatic heterocycles. The van der Waals surface area contributed by atoms with E-state index in [4.69, 9.17) is 0 Å².